The zero-order chi connectivity index (χ0) is 26.4. The van der Waals surface area contributed by atoms with Gasteiger partial charge in [-0.05, 0) is 37.1 Å². The molecule has 0 spiro atoms. The number of nitrogens with zero attached hydrogens (tertiary/aromatic N) is 4. The maximum absolute atomic E-state index is 14.7. The molecule has 194 valence electrons. The Bertz CT molecular complexity index is 1320. The Labute approximate surface area is 207 Å². The number of rotatable bonds is 5. The number of benzene rings is 1. The van der Waals surface area contributed by atoms with Gasteiger partial charge in [0.25, 0.3) is 11.8 Å². The summed E-state index contributed by atoms with van der Waals surface area (Å²) in [6, 6.07) is 4.27. The number of halogens is 6. The standard InChI is InChI=1S/C25H21F6N5O/c26-16-1-2-19(27)18(9-16)17-5-8-32-20(14-3-6-24(28,29)7-4-14)21(17)35-22(37)15-10-33-23(34-11-15)36-12-25(30,31)13-36/h1-2,5,8-11,14H,3-4,6-7,12-13H2,(H,35,37). The van der Waals surface area contributed by atoms with E-state index in [2.05, 4.69) is 20.3 Å². The van der Waals surface area contributed by atoms with E-state index >= 15 is 0 Å². The SMILES string of the molecule is O=C(Nc1c(-c2cc(F)ccc2F)ccnc1C1CCC(F)(F)CC1)c1cnc(N2CC(F)(F)C2)nc1. The second-order valence-corrected chi connectivity index (χ2v) is 9.31. The van der Waals surface area contributed by atoms with E-state index in [1.807, 2.05) is 0 Å². The first-order chi connectivity index (χ1) is 17.5. The first-order valence-corrected chi connectivity index (χ1v) is 11.6. The van der Waals surface area contributed by atoms with Crippen molar-refractivity contribution in [3.8, 4) is 11.1 Å². The van der Waals surface area contributed by atoms with Gasteiger partial charge in [0.15, 0.2) is 0 Å². The van der Waals surface area contributed by atoms with Crippen LogP contribution in [0.3, 0.4) is 0 Å². The van der Waals surface area contributed by atoms with Crippen molar-refractivity contribution in [2.75, 3.05) is 23.3 Å². The smallest absolute Gasteiger partial charge is 0.282 e. The summed E-state index contributed by atoms with van der Waals surface area (Å²) in [6.45, 7) is -1.05. The summed E-state index contributed by atoms with van der Waals surface area (Å²) in [5, 5.41) is 2.66. The molecule has 1 saturated carbocycles. The number of hydrogen-bond donors (Lipinski definition) is 1. The molecule has 6 nitrogen and oxygen atoms in total. The van der Waals surface area contributed by atoms with Gasteiger partial charge in [-0.2, -0.15) is 0 Å². The maximum atomic E-state index is 14.7. The summed E-state index contributed by atoms with van der Waals surface area (Å²) in [5.41, 5.74) is 0.328. The molecule has 5 rings (SSSR count). The predicted octanol–water partition coefficient (Wildman–Crippen LogP) is 5.82. The molecule has 37 heavy (non-hydrogen) atoms. The molecule has 1 amide bonds. The second kappa shape index (κ2) is 9.31. The molecule has 3 aromatic rings. The maximum Gasteiger partial charge on any atom is 0.282 e. The molecule has 1 aliphatic heterocycles. The highest BCUT2D eigenvalue weighted by molar-refractivity contribution is 6.06. The van der Waals surface area contributed by atoms with E-state index in [0.29, 0.717) is 0 Å². The molecule has 1 aromatic carbocycles. The van der Waals surface area contributed by atoms with Crippen LogP contribution in [0.2, 0.25) is 0 Å². The molecule has 1 saturated heterocycles. The number of carbonyl (C=O) groups excluding carboxylic acids is 1. The highest BCUT2D eigenvalue weighted by Gasteiger charge is 2.45. The van der Waals surface area contributed by atoms with Gasteiger partial charge in [0.1, 0.15) is 11.6 Å². The Morgan fingerprint density at radius 3 is 2.24 bits per heavy atom. The molecule has 0 bridgehead atoms. The summed E-state index contributed by atoms with van der Waals surface area (Å²) < 4.78 is 82.5. The van der Waals surface area contributed by atoms with Crippen LogP contribution in [0, 0.1) is 11.6 Å². The number of anilines is 2. The first kappa shape index (κ1) is 25.0. The summed E-state index contributed by atoms with van der Waals surface area (Å²) in [5.74, 6) is -8.19. The van der Waals surface area contributed by atoms with Crippen LogP contribution in [-0.2, 0) is 0 Å². The molecule has 1 N–H and O–H groups in total. The van der Waals surface area contributed by atoms with Crippen molar-refractivity contribution in [2.45, 2.75) is 43.4 Å². The molecule has 2 fully saturated rings. The Balaban J connectivity index is 1.47. The van der Waals surface area contributed by atoms with Gasteiger partial charge in [0.05, 0.1) is 30.0 Å². The second-order valence-electron chi connectivity index (χ2n) is 9.31. The van der Waals surface area contributed by atoms with Gasteiger partial charge < -0.3 is 10.2 Å². The highest BCUT2D eigenvalue weighted by atomic mass is 19.3. The lowest BCUT2D eigenvalue weighted by molar-refractivity contribution is -0.0384. The fraction of sp³-hybridized carbons (Fsp3) is 0.360. The molecular formula is C25H21F6N5O. The van der Waals surface area contributed by atoms with Gasteiger partial charge in [-0.25, -0.2) is 36.3 Å². The van der Waals surface area contributed by atoms with Crippen LogP contribution >= 0.6 is 0 Å². The summed E-state index contributed by atoms with van der Waals surface area (Å²) in [4.78, 5) is 26.6. The summed E-state index contributed by atoms with van der Waals surface area (Å²) in [7, 11) is 0. The van der Waals surface area contributed by atoms with Gasteiger partial charge >= 0.3 is 0 Å². The number of alkyl halides is 4. The third kappa shape index (κ3) is 5.23. The number of nitrogens with one attached hydrogen (secondary N) is 1. The molecule has 2 aromatic heterocycles. The number of hydrogen-bond acceptors (Lipinski definition) is 5. The van der Waals surface area contributed by atoms with E-state index in [1.165, 1.54) is 17.2 Å². The molecule has 12 heteroatoms. The number of pyridine rings is 1. The molecule has 0 atom stereocenters. The topological polar surface area (TPSA) is 71.0 Å². The van der Waals surface area contributed by atoms with E-state index in [1.54, 1.807) is 0 Å². The summed E-state index contributed by atoms with van der Waals surface area (Å²) in [6.07, 6.45) is 3.14. The molecule has 2 aliphatic rings. The number of amides is 1. The fourth-order valence-corrected chi connectivity index (χ4v) is 4.60. The van der Waals surface area contributed by atoms with E-state index in [4.69, 9.17) is 0 Å². The van der Waals surface area contributed by atoms with Crippen LogP contribution in [0.25, 0.3) is 11.1 Å². The molecular weight excluding hydrogens is 500 g/mol. The van der Waals surface area contributed by atoms with Crippen LogP contribution in [0.15, 0.2) is 42.9 Å². The third-order valence-corrected chi connectivity index (χ3v) is 6.57. The predicted molar refractivity (Wildman–Crippen MR) is 123 cm³/mol. The van der Waals surface area contributed by atoms with Gasteiger partial charge in [-0.15, -0.1) is 0 Å². The minimum atomic E-state index is -2.82. The van der Waals surface area contributed by atoms with Crippen LogP contribution in [0.1, 0.15) is 47.7 Å². The fourth-order valence-electron chi connectivity index (χ4n) is 4.60. The first-order valence-electron chi connectivity index (χ1n) is 11.6. The van der Waals surface area contributed by atoms with E-state index in [-0.39, 0.29) is 59.7 Å². The van der Waals surface area contributed by atoms with Crippen LogP contribution in [0.5, 0.6) is 0 Å². The monoisotopic (exact) mass is 521 g/mol. The zero-order valence-electron chi connectivity index (χ0n) is 19.3. The van der Waals surface area contributed by atoms with Crippen molar-refractivity contribution < 1.29 is 31.1 Å². The van der Waals surface area contributed by atoms with Crippen molar-refractivity contribution in [3.63, 3.8) is 0 Å². The zero-order valence-corrected chi connectivity index (χ0v) is 19.3. The van der Waals surface area contributed by atoms with Crippen LogP contribution < -0.4 is 10.2 Å². The Morgan fingerprint density at radius 2 is 1.59 bits per heavy atom. The number of carbonyl (C=O) groups is 1. The van der Waals surface area contributed by atoms with E-state index < -0.39 is 48.4 Å². The van der Waals surface area contributed by atoms with Crippen LogP contribution in [0.4, 0.5) is 38.0 Å². The quantitative estimate of drug-likeness (QED) is 0.429. The lowest BCUT2D eigenvalue weighted by Gasteiger charge is -2.38. The van der Waals surface area contributed by atoms with Crippen LogP contribution in [-0.4, -0.2) is 45.8 Å². The average molecular weight is 521 g/mol. The van der Waals surface area contributed by atoms with E-state index in [0.717, 1.165) is 30.6 Å². The minimum absolute atomic E-state index is 0.0216. The highest BCUT2D eigenvalue weighted by Crippen LogP contribution is 2.44. The third-order valence-electron chi connectivity index (χ3n) is 6.57. The van der Waals surface area contributed by atoms with Crippen molar-refractivity contribution in [3.05, 3.63) is 65.7 Å². The lowest BCUT2D eigenvalue weighted by Crippen LogP contribution is -2.57. The average Bonchev–Trinajstić information content (AvgIpc) is 2.84. The van der Waals surface area contributed by atoms with Crippen molar-refractivity contribution in [1.29, 1.82) is 0 Å². The Morgan fingerprint density at radius 1 is 0.919 bits per heavy atom. The minimum Gasteiger partial charge on any atom is -0.329 e. The van der Waals surface area contributed by atoms with Crippen molar-refractivity contribution in [1.82, 2.24) is 15.0 Å². The van der Waals surface area contributed by atoms with Gasteiger partial charge in [0, 0.05) is 48.5 Å². The Kier molecular flexibility index (Phi) is 6.28. The van der Waals surface area contributed by atoms with E-state index in [9.17, 15) is 31.1 Å². The molecule has 1 aliphatic carbocycles. The van der Waals surface area contributed by atoms with Gasteiger partial charge in [-0.1, -0.05) is 0 Å². The normalized spacial score (nSPS) is 18.8. The van der Waals surface area contributed by atoms with Crippen molar-refractivity contribution in [2.24, 2.45) is 0 Å². The molecule has 0 unspecified atom stereocenters. The lowest BCUT2D eigenvalue weighted by atomic mass is 9.83. The van der Waals surface area contributed by atoms with Gasteiger partial charge in [0.2, 0.25) is 11.9 Å². The molecule has 0 radical (unpaired) electrons. The van der Waals surface area contributed by atoms with Gasteiger partial charge in [-0.3, -0.25) is 9.78 Å². The molecule has 3 heterocycles. The van der Waals surface area contributed by atoms with Crippen molar-refractivity contribution >= 4 is 17.5 Å². The largest absolute Gasteiger partial charge is 0.329 e. The Hall–Kier alpha value is -3.70. The summed E-state index contributed by atoms with van der Waals surface area (Å²) >= 11 is 0. The number of aromatic nitrogens is 3.